The molecule has 0 aliphatic heterocycles. The molecule has 0 saturated heterocycles. The number of aromatic nitrogens is 4. The lowest BCUT2D eigenvalue weighted by Crippen LogP contribution is -2.02. The minimum atomic E-state index is 0.698. The van der Waals surface area contributed by atoms with Crippen LogP contribution in [0.1, 0.15) is 0 Å². The predicted octanol–water partition coefficient (Wildman–Crippen LogP) is 13.5. The molecule has 12 rings (SSSR count). The van der Waals surface area contributed by atoms with Gasteiger partial charge in [0.15, 0.2) is 5.82 Å². The van der Waals surface area contributed by atoms with E-state index in [0.717, 1.165) is 39.4 Å². The Labute approximate surface area is 319 Å². The minimum Gasteiger partial charge on any atom is -0.309 e. The Bertz CT molecular complexity index is 3410. The summed E-state index contributed by atoms with van der Waals surface area (Å²) in [5.41, 5.74) is 8.70. The largest absolute Gasteiger partial charge is 0.309 e. The second-order valence-corrected chi connectivity index (χ2v) is 15.3. The van der Waals surface area contributed by atoms with Crippen LogP contribution in [0.15, 0.2) is 182 Å². The number of thiophene rings is 1. The summed E-state index contributed by atoms with van der Waals surface area (Å²) in [4.78, 5) is 10.4. The highest BCUT2D eigenvalue weighted by Gasteiger charge is 2.23. The van der Waals surface area contributed by atoms with E-state index >= 15 is 0 Å². The van der Waals surface area contributed by atoms with Gasteiger partial charge in [-0.3, -0.25) is 4.57 Å². The first-order chi connectivity index (χ1) is 27.3. The molecule has 0 spiro atoms. The Morgan fingerprint density at radius 1 is 0.382 bits per heavy atom. The first-order valence-corrected chi connectivity index (χ1v) is 19.4. The van der Waals surface area contributed by atoms with Gasteiger partial charge in [0.2, 0.25) is 0 Å². The molecule has 0 aliphatic carbocycles. The molecule has 0 saturated carbocycles. The summed E-state index contributed by atoms with van der Waals surface area (Å²) in [5, 5.41) is 10.0. The third kappa shape index (κ3) is 4.51. The summed E-state index contributed by atoms with van der Waals surface area (Å²) < 4.78 is 7.40. The summed E-state index contributed by atoms with van der Waals surface area (Å²) in [6, 6.07) is 65.2. The average Bonchev–Trinajstić information content (AvgIpc) is 3.90. The predicted molar refractivity (Wildman–Crippen MR) is 232 cm³/mol. The Kier molecular flexibility index (Phi) is 6.47. The molecule has 55 heavy (non-hydrogen) atoms. The SMILES string of the molecule is c1ccc(-c2cc(-n3c4ccccc4c4c5c(ccc6c5c5cc7c(cc5n6-c5ccccc5)sc5ccccc57)ccc43)nc(-c3ccccc3)n2)cc1. The fraction of sp³-hybridized carbons (Fsp3) is 0. The van der Waals surface area contributed by atoms with Crippen LogP contribution >= 0.6 is 11.3 Å². The normalized spacial score (nSPS) is 12.0. The quantitative estimate of drug-likeness (QED) is 0.182. The smallest absolute Gasteiger partial charge is 0.162 e. The van der Waals surface area contributed by atoms with E-state index in [1.165, 1.54) is 63.5 Å². The second-order valence-electron chi connectivity index (χ2n) is 14.2. The molecule has 4 aromatic heterocycles. The fourth-order valence-electron chi connectivity index (χ4n) is 8.72. The van der Waals surface area contributed by atoms with E-state index in [4.69, 9.17) is 9.97 Å². The molecular formula is C50H30N4S. The lowest BCUT2D eigenvalue weighted by atomic mass is 9.98. The van der Waals surface area contributed by atoms with Crippen molar-refractivity contribution < 1.29 is 0 Å². The Hall–Kier alpha value is -7.08. The van der Waals surface area contributed by atoms with Gasteiger partial charge in [-0.1, -0.05) is 127 Å². The Morgan fingerprint density at radius 2 is 1.02 bits per heavy atom. The highest BCUT2D eigenvalue weighted by molar-refractivity contribution is 7.25. The van der Waals surface area contributed by atoms with Crippen LogP contribution in [0.4, 0.5) is 0 Å². The summed E-state index contributed by atoms with van der Waals surface area (Å²) in [6.45, 7) is 0. The Morgan fingerprint density at radius 3 is 1.80 bits per heavy atom. The van der Waals surface area contributed by atoms with Crippen LogP contribution in [-0.4, -0.2) is 19.1 Å². The van der Waals surface area contributed by atoms with Crippen LogP contribution in [0.3, 0.4) is 0 Å². The molecule has 0 amide bonds. The molecule has 0 bridgehead atoms. The van der Waals surface area contributed by atoms with Crippen molar-refractivity contribution in [2.24, 2.45) is 0 Å². The van der Waals surface area contributed by atoms with Gasteiger partial charge in [0.05, 0.1) is 27.8 Å². The maximum Gasteiger partial charge on any atom is 0.162 e. The van der Waals surface area contributed by atoms with Crippen molar-refractivity contribution in [2.75, 3.05) is 0 Å². The fourth-order valence-corrected chi connectivity index (χ4v) is 9.84. The number of fused-ring (bicyclic) bond motifs is 12. The molecule has 8 aromatic carbocycles. The van der Waals surface area contributed by atoms with Crippen LogP contribution in [0.5, 0.6) is 0 Å². The lowest BCUT2D eigenvalue weighted by molar-refractivity contribution is 1.05. The van der Waals surface area contributed by atoms with E-state index in [9.17, 15) is 0 Å². The average molecular weight is 719 g/mol. The summed E-state index contributed by atoms with van der Waals surface area (Å²) in [6.07, 6.45) is 0. The highest BCUT2D eigenvalue weighted by Crippen LogP contribution is 2.46. The molecule has 0 radical (unpaired) electrons. The highest BCUT2D eigenvalue weighted by atomic mass is 32.1. The van der Waals surface area contributed by atoms with Gasteiger partial charge in [-0.05, 0) is 53.9 Å². The molecular weight excluding hydrogens is 689 g/mol. The zero-order valence-electron chi connectivity index (χ0n) is 29.5. The molecule has 4 heterocycles. The Balaban J connectivity index is 1.24. The van der Waals surface area contributed by atoms with Crippen LogP contribution in [0.2, 0.25) is 0 Å². The number of rotatable bonds is 4. The van der Waals surface area contributed by atoms with Gasteiger partial charge in [-0.2, -0.15) is 0 Å². The number of hydrogen-bond donors (Lipinski definition) is 0. The molecule has 5 heteroatoms. The summed E-state index contributed by atoms with van der Waals surface area (Å²) >= 11 is 1.87. The molecule has 0 unspecified atom stereocenters. The first-order valence-electron chi connectivity index (χ1n) is 18.6. The molecule has 4 nitrogen and oxygen atoms in total. The van der Waals surface area contributed by atoms with Crippen LogP contribution in [-0.2, 0) is 0 Å². The zero-order chi connectivity index (χ0) is 36.0. The van der Waals surface area contributed by atoms with E-state index in [2.05, 4.69) is 167 Å². The summed E-state index contributed by atoms with van der Waals surface area (Å²) in [5.74, 6) is 1.53. The van der Waals surface area contributed by atoms with Crippen molar-refractivity contribution in [3.05, 3.63) is 182 Å². The van der Waals surface area contributed by atoms with E-state index in [1.54, 1.807) is 0 Å². The molecule has 0 aliphatic rings. The van der Waals surface area contributed by atoms with Gasteiger partial charge in [0.25, 0.3) is 0 Å². The number of para-hydroxylation sites is 2. The van der Waals surface area contributed by atoms with E-state index < -0.39 is 0 Å². The first kappa shape index (κ1) is 30.4. The standard InChI is InChI=1S/C50H30N4S/c1-4-14-31(15-5-1)39-29-46(52-50(51-39)33-16-6-2-7-17-33)54-40-22-12-10-21-36(40)48-42(54)27-25-32-24-26-41-49(47(32)48)38-28-37-35-20-11-13-23-44(35)55-45(37)30-43(38)53(41)34-18-8-3-9-19-34/h1-30H. The third-order valence-corrected chi connectivity index (χ3v) is 12.2. The van der Waals surface area contributed by atoms with Gasteiger partial charge in [0.1, 0.15) is 5.82 Å². The monoisotopic (exact) mass is 718 g/mol. The topological polar surface area (TPSA) is 35.6 Å². The second kappa shape index (κ2) is 11.7. The minimum absolute atomic E-state index is 0.698. The van der Waals surface area contributed by atoms with Gasteiger partial charge in [-0.25, -0.2) is 9.97 Å². The van der Waals surface area contributed by atoms with Crippen molar-refractivity contribution in [3.63, 3.8) is 0 Å². The molecule has 0 fully saturated rings. The van der Waals surface area contributed by atoms with Crippen molar-refractivity contribution in [1.82, 2.24) is 19.1 Å². The van der Waals surface area contributed by atoms with E-state index in [-0.39, 0.29) is 0 Å². The van der Waals surface area contributed by atoms with E-state index in [1.807, 2.05) is 35.6 Å². The van der Waals surface area contributed by atoms with Gasteiger partial charge < -0.3 is 4.57 Å². The molecule has 0 atom stereocenters. The number of nitrogens with zero attached hydrogens (tertiary/aromatic N) is 4. The van der Waals surface area contributed by atoms with E-state index in [0.29, 0.717) is 5.82 Å². The summed E-state index contributed by atoms with van der Waals surface area (Å²) in [7, 11) is 0. The van der Waals surface area contributed by atoms with Crippen LogP contribution in [0.25, 0.3) is 109 Å². The molecule has 256 valence electrons. The van der Waals surface area contributed by atoms with Gasteiger partial charge in [0, 0.05) is 70.0 Å². The van der Waals surface area contributed by atoms with Crippen molar-refractivity contribution in [2.45, 2.75) is 0 Å². The van der Waals surface area contributed by atoms with Gasteiger partial charge in [-0.15, -0.1) is 11.3 Å². The lowest BCUT2D eigenvalue weighted by Gasteiger charge is -2.12. The van der Waals surface area contributed by atoms with Crippen molar-refractivity contribution >= 4 is 85.9 Å². The third-order valence-electron chi connectivity index (χ3n) is 11.1. The van der Waals surface area contributed by atoms with Crippen molar-refractivity contribution in [3.8, 4) is 34.2 Å². The number of hydrogen-bond acceptors (Lipinski definition) is 3. The van der Waals surface area contributed by atoms with Crippen LogP contribution < -0.4 is 0 Å². The van der Waals surface area contributed by atoms with Crippen LogP contribution in [0, 0.1) is 0 Å². The van der Waals surface area contributed by atoms with Gasteiger partial charge >= 0.3 is 0 Å². The number of benzene rings is 8. The maximum atomic E-state index is 5.31. The molecule has 0 N–H and O–H groups in total. The zero-order valence-corrected chi connectivity index (χ0v) is 30.3. The maximum absolute atomic E-state index is 5.31. The van der Waals surface area contributed by atoms with Crippen molar-refractivity contribution in [1.29, 1.82) is 0 Å². The molecule has 12 aromatic rings.